The van der Waals surface area contributed by atoms with Gasteiger partial charge >= 0.3 is 0 Å². The quantitative estimate of drug-likeness (QED) is 0.401. The van der Waals surface area contributed by atoms with Gasteiger partial charge in [0, 0.05) is 6.20 Å². The topological polar surface area (TPSA) is 63.4 Å². The summed E-state index contributed by atoms with van der Waals surface area (Å²) in [5, 5.41) is 0.108. The van der Waals surface area contributed by atoms with Gasteiger partial charge in [0.2, 0.25) is 5.76 Å². The maximum atomic E-state index is 13.9. The van der Waals surface area contributed by atoms with Crippen molar-refractivity contribution in [2.45, 2.75) is 39.2 Å². The molecule has 33 heavy (non-hydrogen) atoms. The molecular weight excluding hydrogens is 419 g/mol. The molecule has 2 aromatic carbocycles. The van der Waals surface area contributed by atoms with Crippen molar-refractivity contribution in [1.82, 2.24) is 4.98 Å². The highest BCUT2D eigenvalue weighted by Crippen LogP contribution is 2.41. The lowest BCUT2D eigenvalue weighted by Crippen LogP contribution is -2.30. The molecule has 5 nitrogen and oxygen atoms in total. The molecule has 6 heteroatoms. The molecule has 1 aliphatic heterocycles. The van der Waals surface area contributed by atoms with Crippen molar-refractivity contribution in [3.8, 4) is 0 Å². The van der Waals surface area contributed by atoms with Crippen LogP contribution >= 0.6 is 0 Å². The van der Waals surface area contributed by atoms with E-state index in [1.165, 1.54) is 17.0 Å². The molecule has 5 rings (SSSR count). The molecule has 0 aliphatic carbocycles. The van der Waals surface area contributed by atoms with Crippen LogP contribution in [0.1, 0.15) is 59.6 Å². The Labute approximate surface area is 190 Å². The maximum absolute atomic E-state index is 13.9. The Balaban J connectivity index is 1.78. The average molecular weight is 442 g/mol. The summed E-state index contributed by atoms with van der Waals surface area (Å²) in [6.07, 6.45) is 1.63. The van der Waals surface area contributed by atoms with Gasteiger partial charge in [-0.05, 0) is 59.4 Å². The number of amides is 1. The summed E-state index contributed by atoms with van der Waals surface area (Å²) in [4.78, 5) is 33.0. The number of hydrogen-bond donors (Lipinski definition) is 0. The minimum Gasteiger partial charge on any atom is -0.450 e. The zero-order chi connectivity index (χ0) is 23.5. The number of carbonyl (C=O) groups excluding carboxylic acids is 1. The molecule has 1 amide bonds. The molecule has 0 bridgehead atoms. The SMILES string of the molecule is Cc1ccnc(N2C(=O)c3oc4ccc(F)cc4c(=O)c3C2c2ccc(C(C)(C)C)cc2)c1. The zero-order valence-electron chi connectivity index (χ0n) is 18.8. The van der Waals surface area contributed by atoms with Crippen molar-refractivity contribution in [1.29, 1.82) is 0 Å². The first-order valence-electron chi connectivity index (χ1n) is 10.8. The van der Waals surface area contributed by atoms with Gasteiger partial charge in [-0.15, -0.1) is 0 Å². The highest BCUT2D eigenvalue weighted by molar-refractivity contribution is 6.10. The second-order valence-electron chi connectivity index (χ2n) is 9.46. The van der Waals surface area contributed by atoms with Crippen molar-refractivity contribution in [3.63, 3.8) is 0 Å². The number of benzene rings is 2. The van der Waals surface area contributed by atoms with Crippen LogP contribution in [-0.2, 0) is 5.41 Å². The van der Waals surface area contributed by atoms with Crippen LogP contribution in [-0.4, -0.2) is 10.9 Å². The summed E-state index contributed by atoms with van der Waals surface area (Å²) in [7, 11) is 0. The molecule has 2 aromatic heterocycles. The van der Waals surface area contributed by atoms with Gasteiger partial charge in [-0.2, -0.15) is 0 Å². The van der Waals surface area contributed by atoms with Crippen LogP contribution in [0.4, 0.5) is 10.2 Å². The predicted molar refractivity (Wildman–Crippen MR) is 125 cm³/mol. The number of carbonyl (C=O) groups is 1. The monoisotopic (exact) mass is 442 g/mol. The van der Waals surface area contributed by atoms with Gasteiger partial charge < -0.3 is 4.42 Å². The van der Waals surface area contributed by atoms with Crippen LogP contribution in [0, 0.1) is 12.7 Å². The van der Waals surface area contributed by atoms with Crippen LogP contribution in [0.25, 0.3) is 11.0 Å². The average Bonchev–Trinajstić information content (AvgIpc) is 3.06. The Bertz CT molecular complexity index is 1470. The van der Waals surface area contributed by atoms with E-state index in [1.807, 2.05) is 37.3 Å². The van der Waals surface area contributed by atoms with E-state index in [0.717, 1.165) is 22.8 Å². The third kappa shape index (κ3) is 3.42. The number of halogens is 1. The number of hydrogen-bond acceptors (Lipinski definition) is 4. The maximum Gasteiger partial charge on any atom is 0.296 e. The van der Waals surface area contributed by atoms with Crippen LogP contribution in [0.15, 0.2) is 70.0 Å². The fourth-order valence-corrected chi connectivity index (χ4v) is 4.31. The molecule has 0 fully saturated rings. The normalized spacial score (nSPS) is 15.8. The van der Waals surface area contributed by atoms with E-state index < -0.39 is 23.2 Å². The number of anilines is 1. The van der Waals surface area contributed by atoms with E-state index >= 15 is 0 Å². The Hall–Kier alpha value is -3.80. The molecule has 3 heterocycles. The summed E-state index contributed by atoms with van der Waals surface area (Å²) in [5.74, 6) is -0.600. The molecule has 0 radical (unpaired) electrons. The number of aryl methyl sites for hydroxylation is 1. The summed E-state index contributed by atoms with van der Waals surface area (Å²) in [5.41, 5.74) is 2.72. The third-order valence-corrected chi connectivity index (χ3v) is 6.07. The molecule has 1 aliphatic rings. The van der Waals surface area contributed by atoms with E-state index in [1.54, 1.807) is 12.3 Å². The highest BCUT2D eigenvalue weighted by Gasteiger charge is 2.44. The van der Waals surface area contributed by atoms with Crippen LogP contribution in [0.2, 0.25) is 0 Å². The Kier molecular flexibility index (Phi) is 4.71. The summed E-state index contributed by atoms with van der Waals surface area (Å²) >= 11 is 0. The lowest BCUT2D eigenvalue weighted by atomic mass is 9.86. The van der Waals surface area contributed by atoms with Gasteiger partial charge in [-0.3, -0.25) is 14.5 Å². The zero-order valence-corrected chi connectivity index (χ0v) is 18.8. The Morgan fingerprint density at radius 2 is 1.73 bits per heavy atom. The molecule has 0 saturated carbocycles. The van der Waals surface area contributed by atoms with Crippen molar-refractivity contribution in [2.24, 2.45) is 0 Å². The van der Waals surface area contributed by atoms with E-state index in [4.69, 9.17) is 4.42 Å². The molecule has 0 N–H and O–H groups in total. The highest BCUT2D eigenvalue weighted by atomic mass is 19.1. The predicted octanol–water partition coefficient (Wildman–Crippen LogP) is 5.68. The molecule has 0 spiro atoms. The van der Waals surface area contributed by atoms with Crippen molar-refractivity contribution < 1.29 is 13.6 Å². The van der Waals surface area contributed by atoms with Crippen LogP contribution < -0.4 is 10.3 Å². The minimum atomic E-state index is -0.736. The molecule has 166 valence electrons. The first-order chi connectivity index (χ1) is 15.6. The fourth-order valence-electron chi connectivity index (χ4n) is 4.31. The number of pyridine rings is 1. The minimum absolute atomic E-state index is 0.0349. The standard InChI is InChI=1S/C27H23FN2O3/c1-15-11-12-29-21(13-15)30-23(16-5-7-17(8-6-16)27(2,3)4)22-24(31)19-14-18(28)9-10-20(19)33-25(22)26(30)32/h5-14,23H,1-4H3. The van der Waals surface area contributed by atoms with Crippen molar-refractivity contribution in [2.75, 3.05) is 4.90 Å². The molecular formula is C27H23FN2O3. The van der Waals surface area contributed by atoms with E-state index in [9.17, 15) is 14.0 Å². The summed E-state index contributed by atoms with van der Waals surface area (Å²) in [6.45, 7) is 8.27. The fraction of sp³-hybridized carbons (Fsp3) is 0.222. The number of aromatic nitrogens is 1. The molecule has 4 aromatic rings. The van der Waals surface area contributed by atoms with E-state index in [0.29, 0.717) is 5.82 Å². The summed E-state index contributed by atoms with van der Waals surface area (Å²) in [6, 6.07) is 14.5. The third-order valence-electron chi connectivity index (χ3n) is 6.07. The number of rotatable bonds is 2. The Morgan fingerprint density at radius 1 is 1.00 bits per heavy atom. The van der Waals surface area contributed by atoms with E-state index in [-0.39, 0.29) is 27.7 Å². The van der Waals surface area contributed by atoms with Gasteiger partial charge in [0.15, 0.2) is 5.43 Å². The smallest absolute Gasteiger partial charge is 0.296 e. The van der Waals surface area contributed by atoms with Gasteiger partial charge in [-0.1, -0.05) is 45.0 Å². The van der Waals surface area contributed by atoms with Crippen molar-refractivity contribution >= 4 is 22.7 Å². The largest absolute Gasteiger partial charge is 0.450 e. The van der Waals surface area contributed by atoms with Crippen LogP contribution in [0.3, 0.4) is 0 Å². The first kappa shape index (κ1) is 21.1. The van der Waals surface area contributed by atoms with Gasteiger partial charge in [0.05, 0.1) is 17.0 Å². The number of fused-ring (bicyclic) bond motifs is 2. The van der Waals surface area contributed by atoms with Gasteiger partial charge in [0.1, 0.15) is 17.2 Å². The van der Waals surface area contributed by atoms with Gasteiger partial charge in [-0.25, -0.2) is 9.37 Å². The Morgan fingerprint density at radius 3 is 2.39 bits per heavy atom. The second kappa shape index (κ2) is 7.37. The molecule has 1 unspecified atom stereocenters. The second-order valence-corrected chi connectivity index (χ2v) is 9.46. The van der Waals surface area contributed by atoms with Gasteiger partial charge in [0.25, 0.3) is 5.91 Å². The molecule has 1 atom stereocenters. The summed E-state index contributed by atoms with van der Waals surface area (Å²) < 4.78 is 19.8. The molecule has 0 saturated heterocycles. The van der Waals surface area contributed by atoms with Crippen molar-refractivity contribution in [3.05, 3.63) is 105 Å². The lowest BCUT2D eigenvalue weighted by molar-refractivity contribution is 0.0970. The first-order valence-corrected chi connectivity index (χ1v) is 10.8. The van der Waals surface area contributed by atoms with Crippen LogP contribution in [0.5, 0.6) is 0 Å². The lowest BCUT2D eigenvalue weighted by Gasteiger charge is -2.25. The van der Waals surface area contributed by atoms with E-state index in [2.05, 4.69) is 25.8 Å². The number of nitrogens with zero attached hydrogens (tertiary/aromatic N) is 2.